The molecule has 1 aliphatic heterocycles. The highest BCUT2D eigenvalue weighted by Gasteiger charge is 2.42. The lowest BCUT2D eigenvalue weighted by atomic mass is 9.98. The van der Waals surface area contributed by atoms with Crippen molar-refractivity contribution in [3.63, 3.8) is 0 Å². The van der Waals surface area contributed by atoms with Crippen molar-refractivity contribution >= 4 is 18.3 Å². The fourth-order valence-corrected chi connectivity index (χ4v) is 3.75. The van der Waals surface area contributed by atoms with E-state index in [1.54, 1.807) is 7.11 Å². The van der Waals surface area contributed by atoms with Gasteiger partial charge in [-0.15, -0.1) is 12.4 Å². The summed E-state index contributed by atoms with van der Waals surface area (Å²) in [6.07, 6.45) is 3.66. The summed E-state index contributed by atoms with van der Waals surface area (Å²) in [6.45, 7) is 1.78. The number of hydrogen-bond acceptors (Lipinski definition) is 3. The molecule has 0 radical (unpaired) electrons. The van der Waals surface area contributed by atoms with Crippen LogP contribution in [0.5, 0.6) is 5.75 Å². The molecule has 3 rings (SSSR count). The zero-order valence-corrected chi connectivity index (χ0v) is 13.8. The van der Waals surface area contributed by atoms with Crippen LogP contribution in [0.4, 0.5) is 0 Å². The van der Waals surface area contributed by atoms with Crippen LogP contribution in [0, 0.1) is 11.8 Å². The lowest BCUT2D eigenvalue weighted by Crippen LogP contribution is -2.33. The third-order valence-electron chi connectivity index (χ3n) is 5.03. The van der Waals surface area contributed by atoms with Gasteiger partial charge in [-0.05, 0) is 48.8 Å². The summed E-state index contributed by atoms with van der Waals surface area (Å²) in [7, 11) is 1.66. The number of nitrogens with two attached hydrogens (primary N) is 1. The monoisotopic (exact) mass is 324 g/mol. The minimum Gasteiger partial charge on any atom is -0.497 e. The van der Waals surface area contributed by atoms with Crippen LogP contribution in [-0.4, -0.2) is 37.0 Å². The van der Waals surface area contributed by atoms with Gasteiger partial charge in [-0.1, -0.05) is 12.1 Å². The van der Waals surface area contributed by atoms with Crippen molar-refractivity contribution in [2.75, 3.05) is 20.2 Å². The molecule has 2 fully saturated rings. The third-order valence-corrected chi connectivity index (χ3v) is 5.03. The molecule has 0 aromatic heterocycles. The van der Waals surface area contributed by atoms with E-state index in [1.165, 1.54) is 6.42 Å². The average Bonchev–Trinajstić information content (AvgIpc) is 3.07. The zero-order valence-electron chi connectivity index (χ0n) is 13.0. The van der Waals surface area contributed by atoms with Crippen LogP contribution < -0.4 is 10.5 Å². The van der Waals surface area contributed by atoms with Gasteiger partial charge in [-0.25, -0.2) is 0 Å². The van der Waals surface area contributed by atoms with E-state index in [9.17, 15) is 4.79 Å². The molecule has 122 valence electrons. The summed E-state index contributed by atoms with van der Waals surface area (Å²) in [5, 5.41) is 0. The predicted octanol–water partition coefficient (Wildman–Crippen LogP) is 2.25. The van der Waals surface area contributed by atoms with E-state index >= 15 is 0 Å². The molecule has 3 unspecified atom stereocenters. The number of ether oxygens (including phenoxy) is 1. The van der Waals surface area contributed by atoms with Gasteiger partial charge in [0.25, 0.3) is 0 Å². The van der Waals surface area contributed by atoms with Crippen LogP contribution in [0.2, 0.25) is 0 Å². The van der Waals surface area contributed by atoms with Crippen LogP contribution in [0.25, 0.3) is 0 Å². The van der Waals surface area contributed by atoms with Crippen molar-refractivity contribution < 1.29 is 9.53 Å². The van der Waals surface area contributed by atoms with Crippen LogP contribution in [0.15, 0.2) is 24.3 Å². The second-order valence-corrected chi connectivity index (χ2v) is 6.32. The van der Waals surface area contributed by atoms with E-state index in [0.29, 0.717) is 24.3 Å². The number of rotatable bonds is 4. The second-order valence-electron chi connectivity index (χ2n) is 6.32. The quantitative estimate of drug-likeness (QED) is 0.924. The second kappa shape index (κ2) is 7.34. The molecule has 1 saturated carbocycles. The first-order valence-electron chi connectivity index (χ1n) is 7.83. The highest BCUT2D eigenvalue weighted by Crippen LogP contribution is 2.37. The topological polar surface area (TPSA) is 55.6 Å². The van der Waals surface area contributed by atoms with Crippen LogP contribution in [-0.2, 0) is 11.2 Å². The molecule has 1 aliphatic carbocycles. The van der Waals surface area contributed by atoms with E-state index in [1.807, 2.05) is 29.2 Å². The Kier molecular flexibility index (Phi) is 5.70. The van der Waals surface area contributed by atoms with E-state index in [4.69, 9.17) is 10.5 Å². The molecule has 1 amide bonds. The van der Waals surface area contributed by atoms with Crippen molar-refractivity contribution in [1.82, 2.24) is 4.90 Å². The van der Waals surface area contributed by atoms with Gasteiger partial charge in [0.05, 0.1) is 7.11 Å². The SMILES string of the molecule is COc1cccc(CCC(=O)N2CC3CCC(N)C3C2)c1.Cl. The largest absolute Gasteiger partial charge is 0.497 e. The summed E-state index contributed by atoms with van der Waals surface area (Å²) in [5.41, 5.74) is 7.28. The summed E-state index contributed by atoms with van der Waals surface area (Å²) < 4.78 is 5.21. The first kappa shape index (κ1) is 17.1. The molecule has 4 nitrogen and oxygen atoms in total. The molecular formula is C17H25ClN2O2. The number of carbonyl (C=O) groups excluding carboxylic acids is 1. The minimum absolute atomic E-state index is 0. The van der Waals surface area contributed by atoms with Crippen molar-refractivity contribution in [2.45, 2.75) is 31.7 Å². The molecule has 1 heterocycles. The number of amides is 1. The Bertz CT molecular complexity index is 523. The fraction of sp³-hybridized carbons (Fsp3) is 0.588. The zero-order chi connectivity index (χ0) is 14.8. The van der Waals surface area contributed by atoms with Gasteiger partial charge in [0.15, 0.2) is 0 Å². The molecule has 0 bridgehead atoms. The lowest BCUT2D eigenvalue weighted by Gasteiger charge is -2.18. The summed E-state index contributed by atoms with van der Waals surface area (Å²) >= 11 is 0. The number of fused-ring (bicyclic) bond motifs is 1. The summed E-state index contributed by atoms with van der Waals surface area (Å²) in [6, 6.07) is 8.24. The fourth-order valence-electron chi connectivity index (χ4n) is 3.75. The van der Waals surface area contributed by atoms with Gasteiger partial charge in [0, 0.05) is 25.6 Å². The van der Waals surface area contributed by atoms with E-state index in [0.717, 1.165) is 37.2 Å². The number of carbonyl (C=O) groups is 1. The first-order valence-corrected chi connectivity index (χ1v) is 7.83. The average molecular weight is 325 g/mol. The Morgan fingerprint density at radius 2 is 2.18 bits per heavy atom. The Labute approximate surface area is 138 Å². The number of halogens is 1. The molecule has 2 aliphatic rings. The maximum Gasteiger partial charge on any atom is 0.222 e. The van der Waals surface area contributed by atoms with Crippen molar-refractivity contribution in [3.05, 3.63) is 29.8 Å². The van der Waals surface area contributed by atoms with E-state index < -0.39 is 0 Å². The minimum atomic E-state index is 0. The smallest absolute Gasteiger partial charge is 0.222 e. The molecule has 1 aromatic carbocycles. The number of likely N-dealkylation sites (tertiary alicyclic amines) is 1. The van der Waals surface area contributed by atoms with Gasteiger partial charge in [-0.2, -0.15) is 0 Å². The third kappa shape index (κ3) is 3.55. The van der Waals surface area contributed by atoms with Gasteiger partial charge in [0.2, 0.25) is 5.91 Å². The predicted molar refractivity (Wildman–Crippen MR) is 89.3 cm³/mol. The lowest BCUT2D eigenvalue weighted by molar-refractivity contribution is -0.130. The van der Waals surface area contributed by atoms with Crippen LogP contribution >= 0.6 is 12.4 Å². The first-order chi connectivity index (χ1) is 10.2. The van der Waals surface area contributed by atoms with E-state index in [-0.39, 0.29) is 18.3 Å². The standard InChI is InChI=1S/C17H24N2O2.ClH/c1-21-14-4-2-3-12(9-14)5-8-17(20)19-10-13-6-7-16(18)15(13)11-19;/h2-4,9,13,15-16H,5-8,10-11,18H2,1H3;1H. The van der Waals surface area contributed by atoms with Crippen LogP contribution in [0.3, 0.4) is 0 Å². The number of hydrogen-bond donors (Lipinski definition) is 1. The van der Waals surface area contributed by atoms with Crippen molar-refractivity contribution in [3.8, 4) is 5.75 Å². The Morgan fingerprint density at radius 1 is 1.36 bits per heavy atom. The maximum absolute atomic E-state index is 12.4. The number of benzene rings is 1. The Morgan fingerprint density at radius 3 is 2.91 bits per heavy atom. The summed E-state index contributed by atoms with van der Waals surface area (Å²) in [5.74, 6) is 2.28. The van der Waals surface area contributed by atoms with Gasteiger partial charge in [-0.3, -0.25) is 4.79 Å². The Hall–Kier alpha value is -1.26. The maximum atomic E-state index is 12.4. The molecule has 0 spiro atoms. The molecular weight excluding hydrogens is 300 g/mol. The Balaban J connectivity index is 0.00000176. The van der Waals surface area contributed by atoms with Gasteiger partial charge >= 0.3 is 0 Å². The van der Waals surface area contributed by atoms with Crippen molar-refractivity contribution in [1.29, 1.82) is 0 Å². The molecule has 1 saturated heterocycles. The van der Waals surface area contributed by atoms with Crippen molar-refractivity contribution in [2.24, 2.45) is 17.6 Å². The highest BCUT2D eigenvalue weighted by atomic mass is 35.5. The molecule has 2 N–H and O–H groups in total. The number of methoxy groups -OCH3 is 1. The molecule has 1 aromatic rings. The summed E-state index contributed by atoms with van der Waals surface area (Å²) in [4.78, 5) is 14.4. The van der Waals surface area contributed by atoms with E-state index in [2.05, 4.69) is 0 Å². The number of nitrogens with zero attached hydrogens (tertiary/aromatic N) is 1. The molecule has 22 heavy (non-hydrogen) atoms. The highest BCUT2D eigenvalue weighted by molar-refractivity contribution is 5.85. The van der Waals surface area contributed by atoms with Crippen LogP contribution in [0.1, 0.15) is 24.8 Å². The van der Waals surface area contributed by atoms with Gasteiger partial charge in [0.1, 0.15) is 5.75 Å². The van der Waals surface area contributed by atoms with Gasteiger partial charge < -0.3 is 15.4 Å². The normalized spacial score (nSPS) is 26.5. The number of aryl methyl sites for hydroxylation is 1. The molecule has 3 atom stereocenters. The molecule has 5 heteroatoms.